The SMILES string of the molecule is CCc1c(O)nc(-c2ccccc2)n(-c2ccccc2)c1=O. The molecule has 0 aliphatic rings. The highest BCUT2D eigenvalue weighted by atomic mass is 16.3. The van der Waals surface area contributed by atoms with Gasteiger partial charge in [-0.3, -0.25) is 9.36 Å². The summed E-state index contributed by atoms with van der Waals surface area (Å²) in [6.07, 6.45) is 0.430. The number of aromatic nitrogens is 2. The van der Waals surface area contributed by atoms with Gasteiger partial charge in [0.2, 0.25) is 5.88 Å². The van der Waals surface area contributed by atoms with E-state index in [9.17, 15) is 9.90 Å². The van der Waals surface area contributed by atoms with Crippen LogP contribution in [0.4, 0.5) is 0 Å². The molecule has 0 saturated carbocycles. The van der Waals surface area contributed by atoms with E-state index in [0.29, 0.717) is 17.8 Å². The van der Waals surface area contributed by atoms with Crippen LogP contribution in [0, 0.1) is 0 Å². The fraction of sp³-hybridized carbons (Fsp3) is 0.111. The summed E-state index contributed by atoms with van der Waals surface area (Å²) in [6.45, 7) is 1.83. The predicted octanol–water partition coefficient (Wildman–Crippen LogP) is 3.17. The highest BCUT2D eigenvalue weighted by Gasteiger charge is 2.17. The number of rotatable bonds is 3. The van der Waals surface area contributed by atoms with Crippen molar-refractivity contribution in [3.05, 3.63) is 76.6 Å². The van der Waals surface area contributed by atoms with Crippen LogP contribution in [-0.2, 0) is 6.42 Å². The Morgan fingerprint density at radius 3 is 2.18 bits per heavy atom. The number of hydrogen-bond donors (Lipinski definition) is 1. The molecule has 0 spiro atoms. The second kappa shape index (κ2) is 5.85. The van der Waals surface area contributed by atoms with Crippen molar-refractivity contribution in [2.45, 2.75) is 13.3 Å². The number of benzene rings is 2. The molecular formula is C18H16N2O2. The zero-order chi connectivity index (χ0) is 15.5. The van der Waals surface area contributed by atoms with Gasteiger partial charge in [0.25, 0.3) is 5.56 Å². The van der Waals surface area contributed by atoms with Gasteiger partial charge in [0.15, 0.2) is 5.82 Å². The fourth-order valence-corrected chi connectivity index (χ4v) is 2.45. The maximum absolute atomic E-state index is 12.8. The third-order valence-corrected chi connectivity index (χ3v) is 3.55. The van der Waals surface area contributed by atoms with E-state index < -0.39 is 0 Å². The van der Waals surface area contributed by atoms with E-state index in [1.54, 1.807) is 4.57 Å². The number of aromatic hydroxyl groups is 1. The first-order chi connectivity index (χ1) is 10.7. The molecule has 4 nitrogen and oxygen atoms in total. The Balaban J connectivity index is 2.37. The number of nitrogens with zero attached hydrogens (tertiary/aromatic N) is 2. The second-order valence-corrected chi connectivity index (χ2v) is 4.93. The van der Waals surface area contributed by atoms with Crippen LogP contribution in [0.2, 0.25) is 0 Å². The van der Waals surface area contributed by atoms with Crippen molar-refractivity contribution in [3.8, 4) is 23.0 Å². The van der Waals surface area contributed by atoms with Crippen LogP contribution in [-0.4, -0.2) is 14.7 Å². The van der Waals surface area contributed by atoms with Gasteiger partial charge < -0.3 is 5.11 Å². The first-order valence-corrected chi connectivity index (χ1v) is 7.18. The number of para-hydroxylation sites is 1. The first-order valence-electron chi connectivity index (χ1n) is 7.18. The number of hydrogen-bond acceptors (Lipinski definition) is 3. The lowest BCUT2D eigenvalue weighted by molar-refractivity contribution is 0.443. The minimum Gasteiger partial charge on any atom is -0.493 e. The maximum atomic E-state index is 12.8. The van der Waals surface area contributed by atoms with Crippen LogP contribution in [0.15, 0.2) is 65.5 Å². The van der Waals surface area contributed by atoms with Crippen LogP contribution >= 0.6 is 0 Å². The van der Waals surface area contributed by atoms with Crippen LogP contribution in [0.3, 0.4) is 0 Å². The minimum absolute atomic E-state index is 0.196. The van der Waals surface area contributed by atoms with E-state index in [4.69, 9.17) is 0 Å². The molecule has 110 valence electrons. The van der Waals surface area contributed by atoms with Crippen molar-refractivity contribution in [3.63, 3.8) is 0 Å². The van der Waals surface area contributed by atoms with Crippen molar-refractivity contribution in [1.29, 1.82) is 0 Å². The lowest BCUT2D eigenvalue weighted by Gasteiger charge is -2.14. The molecule has 0 radical (unpaired) electrons. The van der Waals surface area contributed by atoms with Gasteiger partial charge in [-0.15, -0.1) is 0 Å². The molecule has 0 aliphatic carbocycles. The highest BCUT2D eigenvalue weighted by Crippen LogP contribution is 2.23. The van der Waals surface area contributed by atoms with Gasteiger partial charge in [-0.2, -0.15) is 4.98 Å². The topological polar surface area (TPSA) is 55.1 Å². The van der Waals surface area contributed by atoms with Gasteiger partial charge in [-0.25, -0.2) is 0 Å². The molecule has 0 bridgehead atoms. The van der Waals surface area contributed by atoms with E-state index in [0.717, 1.165) is 11.3 Å². The normalized spacial score (nSPS) is 10.6. The Kier molecular flexibility index (Phi) is 3.74. The Hall–Kier alpha value is -2.88. The third-order valence-electron chi connectivity index (χ3n) is 3.55. The molecule has 1 N–H and O–H groups in total. The molecule has 0 atom stereocenters. The molecule has 0 amide bonds. The van der Waals surface area contributed by atoms with Gasteiger partial charge in [-0.1, -0.05) is 55.5 Å². The largest absolute Gasteiger partial charge is 0.493 e. The van der Waals surface area contributed by atoms with E-state index >= 15 is 0 Å². The van der Waals surface area contributed by atoms with Crippen molar-refractivity contribution < 1.29 is 5.11 Å². The molecule has 1 heterocycles. The highest BCUT2D eigenvalue weighted by molar-refractivity contribution is 5.59. The summed E-state index contributed by atoms with van der Waals surface area (Å²) in [4.78, 5) is 17.0. The average Bonchev–Trinajstić information content (AvgIpc) is 2.56. The van der Waals surface area contributed by atoms with Crippen LogP contribution < -0.4 is 5.56 Å². The van der Waals surface area contributed by atoms with Gasteiger partial charge in [0, 0.05) is 5.56 Å². The Morgan fingerprint density at radius 2 is 1.59 bits per heavy atom. The smallest absolute Gasteiger partial charge is 0.265 e. The molecule has 0 unspecified atom stereocenters. The summed E-state index contributed by atoms with van der Waals surface area (Å²) in [5.41, 5.74) is 1.60. The zero-order valence-electron chi connectivity index (χ0n) is 12.2. The lowest BCUT2D eigenvalue weighted by Crippen LogP contribution is -2.25. The Labute approximate surface area is 128 Å². The van der Waals surface area contributed by atoms with Crippen LogP contribution in [0.25, 0.3) is 17.1 Å². The van der Waals surface area contributed by atoms with E-state index in [2.05, 4.69) is 4.98 Å². The molecule has 3 aromatic rings. The predicted molar refractivity (Wildman–Crippen MR) is 86.3 cm³/mol. The van der Waals surface area contributed by atoms with E-state index in [1.807, 2.05) is 67.6 Å². The monoisotopic (exact) mass is 292 g/mol. The summed E-state index contributed by atoms with van der Waals surface area (Å²) >= 11 is 0. The molecule has 2 aromatic carbocycles. The average molecular weight is 292 g/mol. The zero-order valence-corrected chi connectivity index (χ0v) is 12.2. The molecule has 0 fully saturated rings. The Bertz CT molecular complexity index is 840. The van der Waals surface area contributed by atoms with Gasteiger partial charge in [-0.05, 0) is 18.6 Å². The Morgan fingerprint density at radius 1 is 1.00 bits per heavy atom. The summed E-state index contributed by atoms with van der Waals surface area (Å²) in [5, 5.41) is 10.1. The summed E-state index contributed by atoms with van der Waals surface area (Å²) in [7, 11) is 0. The van der Waals surface area contributed by atoms with Gasteiger partial charge >= 0.3 is 0 Å². The van der Waals surface area contributed by atoms with Crippen LogP contribution in [0.1, 0.15) is 12.5 Å². The summed E-state index contributed by atoms with van der Waals surface area (Å²) in [6, 6.07) is 18.7. The van der Waals surface area contributed by atoms with Gasteiger partial charge in [0.1, 0.15) is 0 Å². The molecule has 3 rings (SSSR count). The molecule has 1 aromatic heterocycles. The van der Waals surface area contributed by atoms with Crippen molar-refractivity contribution in [2.75, 3.05) is 0 Å². The molecular weight excluding hydrogens is 276 g/mol. The van der Waals surface area contributed by atoms with Crippen LogP contribution in [0.5, 0.6) is 5.88 Å². The summed E-state index contributed by atoms with van der Waals surface area (Å²) < 4.78 is 1.55. The fourth-order valence-electron chi connectivity index (χ4n) is 2.45. The lowest BCUT2D eigenvalue weighted by atomic mass is 10.1. The molecule has 0 aliphatic heterocycles. The quantitative estimate of drug-likeness (QED) is 0.806. The molecule has 0 saturated heterocycles. The second-order valence-electron chi connectivity index (χ2n) is 4.93. The maximum Gasteiger partial charge on any atom is 0.265 e. The van der Waals surface area contributed by atoms with Gasteiger partial charge in [0.05, 0.1) is 11.3 Å². The van der Waals surface area contributed by atoms with E-state index in [1.165, 1.54) is 0 Å². The summed E-state index contributed by atoms with van der Waals surface area (Å²) in [5.74, 6) is 0.241. The van der Waals surface area contributed by atoms with Crippen molar-refractivity contribution >= 4 is 0 Å². The molecule has 22 heavy (non-hydrogen) atoms. The standard InChI is InChI=1S/C18H16N2O2/c1-2-15-17(21)19-16(13-9-5-3-6-10-13)20(18(15)22)14-11-7-4-8-12-14/h3-12,21H,2H2,1H3. The first kappa shape index (κ1) is 14.1. The minimum atomic E-state index is -0.236. The third kappa shape index (κ3) is 2.39. The van der Waals surface area contributed by atoms with Crippen molar-refractivity contribution in [1.82, 2.24) is 9.55 Å². The van der Waals surface area contributed by atoms with Crippen molar-refractivity contribution in [2.24, 2.45) is 0 Å². The van der Waals surface area contributed by atoms with E-state index in [-0.39, 0.29) is 11.4 Å². The molecule has 4 heteroatoms.